The Labute approximate surface area is 97.8 Å². The zero-order valence-electron chi connectivity index (χ0n) is 10.5. The molecular weight excluding hydrogens is 202 g/mol. The molecule has 90 valence electrons. The third-order valence-corrected chi connectivity index (χ3v) is 2.54. The van der Waals surface area contributed by atoms with Crippen LogP contribution >= 0.6 is 0 Å². The molecule has 3 nitrogen and oxygen atoms in total. The number of ether oxygens (including phenoxy) is 2. The van der Waals surface area contributed by atoms with Gasteiger partial charge in [0.25, 0.3) is 0 Å². The Morgan fingerprint density at radius 3 is 2.62 bits per heavy atom. The number of benzene rings is 1. The van der Waals surface area contributed by atoms with E-state index in [9.17, 15) is 0 Å². The van der Waals surface area contributed by atoms with E-state index in [-0.39, 0.29) is 6.10 Å². The second-order valence-corrected chi connectivity index (χ2v) is 3.74. The average Bonchev–Trinajstić information content (AvgIpc) is 2.29. The normalized spacial score (nSPS) is 12.5. The lowest BCUT2D eigenvalue weighted by atomic mass is 10.1. The summed E-state index contributed by atoms with van der Waals surface area (Å²) in [6.07, 6.45) is 0.0966. The van der Waals surface area contributed by atoms with Gasteiger partial charge in [-0.05, 0) is 44.2 Å². The van der Waals surface area contributed by atoms with Gasteiger partial charge in [-0.15, -0.1) is 0 Å². The predicted molar refractivity (Wildman–Crippen MR) is 66.0 cm³/mol. The largest absolute Gasteiger partial charge is 0.494 e. The first-order chi connectivity index (χ1) is 7.72. The van der Waals surface area contributed by atoms with Crippen LogP contribution in [0.1, 0.15) is 24.2 Å². The highest BCUT2D eigenvalue weighted by atomic mass is 16.5. The highest BCUT2D eigenvalue weighted by Crippen LogP contribution is 2.24. The fourth-order valence-electron chi connectivity index (χ4n) is 1.71. The van der Waals surface area contributed by atoms with E-state index in [0.717, 1.165) is 17.9 Å². The molecular formula is C13H21NO2. The van der Waals surface area contributed by atoms with Gasteiger partial charge in [-0.3, -0.25) is 0 Å². The Morgan fingerprint density at radius 2 is 2.12 bits per heavy atom. The van der Waals surface area contributed by atoms with Crippen LogP contribution in [0.3, 0.4) is 0 Å². The minimum Gasteiger partial charge on any atom is -0.494 e. The molecule has 1 atom stereocenters. The number of aryl methyl sites for hydroxylation is 1. The predicted octanol–water partition coefficient (Wildman–Crippen LogP) is 2.30. The minimum atomic E-state index is 0.0966. The minimum absolute atomic E-state index is 0.0966. The summed E-state index contributed by atoms with van der Waals surface area (Å²) >= 11 is 0. The molecule has 0 fully saturated rings. The summed E-state index contributed by atoms with van der Waals surface area (Å²) in [7, 11) is 3.65. The number of methoxy groups -OCH3 is 1. The van der Waals surface area contributed by atoms with Crippen molar-refractivity contribution in [1.82, 2.24) is 5.32 Å². The molecule has 16 heavy (non-hydrogen) atoms. The van der Waals surface area contributed by atoms with Crippen molar-refractivity contribution in [3.05, 3.63) is 29.3 Å². The molecule has 0 radical (unpaired) electrons. The van der Waals surface area contributed by atoms with Crippen LogP contribution in [0.5, 0.6) is 5.75 Å². The molecule has 0 spiro atoms. The van der Waals surface area contributed by atoms with Crippen LogP contribution < -0.4 is 10.1 Å². The standard InChI is InChI=1S/C13H21NO2/c1-5-16-12-7-6-11(8-10(12)2)13(15-4)9-14-3/h6-8,13-14H,5,9H2,1-4H3. The zero-order valence-corrected chi connectivity index (χ0v) is 10.5. The second-order valence-electron chi connectivity index (χ2n) is 3.74. The van der Waals surface area contributed by atoms with E-state index in [1.807, 2.05) is 20.0 Å². The monoisotopic (exact) mass is 223 g/mol. The van der Waals surface area contributed by atoms with Crippen LogP contribution in [0, 0.1) is 6.92 Å². The van der Waals surface area contributed by atoms with E-state index in [1.54, 1.807) is 7.11 Å². The van der Waals surface area contributed by atoms with E-state index < -0.39 is 0 Å². The van der Waals surface area contributed by atoms with Crippen molar-refractivity contribution in [1.29, 1.82) is 0 Å². The van der Waals surface area contributed by atoms with Crippen LogP contribution in [-0.2, 0) is 4.74 Å². The molecule has 0 aliphatic carbocycles. The molecule has 0 bridgehead atoms. The Balaban J connectivity index is 2.85. The third kappa shape index (κ3) is 3.22. The van der Waals surface area contributed by atoms with Crippen molar-refractivity contribution in [2.75, 3.05) is 27.3 Å². The lowest BCUT2D eigenvalue weighted by Crippen LogP contribution is -2.18. The number of hydrogen-bond acceptors (Lipinski definition) is 3. The van der Waals surface area contributed by atoms with Crippen LogP contribution in [0.2, 0.25) is 0 Å². The number of likely N-dealkylation sites (N-methyl/N-ethyl adjacent to an activating group) is 1. The summed E-state index contributed by atoms with van der Waals surface area (Å²) in [5, 5.41) is 3.12. The quantitative estimate of drug-likeness (QED) is 0.802. The summed E-state index contributed by atoms with van der Waals surface area (Å²) in [6.45, 7) is 5.56. The van der Waals surface area contributed by atoms with E-state index in [2.05, 4.69) is 24.4 Å². The molecule has 0 saturated carbocycles. The molecule has 0 heterocycles. The second kappa shape index (κ2) is 6.51. The molecule has 0 aliphatic heterocycles. The fraction of sp³-hybridized carbons (Fsp3) is 0.538. The topological polar surface area (TPSA) is 30.5 Å². The first kappa shape index (κ1) is 13.0. The van der Waals surface area contributed by atoms with Crippen LogP contribution in [0.15, 0.2) is 18.2 Å². The third-order valence-electron chi connectivity index (χ3n) is 2.54. The number of rotatable bonds is 6. The van der Waals surface area contributed by atoms with Crippen molar-refractivity contribution in [3.63, 3.8) is 0 Å². The molecule has 1 N–H and O–H groups in total. The highest BCUT2D eigenvalue weighted by Gasteiger charge is 2.10. The van der Waals surface area contributed by atoms with E-state index >= 15 is 0 Å². The van der Waals surface area contributed by atoms with Crippen molar-refractivity contribution in [2.24, 2.45) is 0 Å². The maximum atomic E-state index is 5.51. The summed E-state index contributed by atoms with van der Waals surface area (Å²) in [5.74, 6) is 0.950. The van der Waals surface area contributed by atoms with Gasteiger partial charge in [0.1, 0.15) is 5.75 Å². The van der Waals surface area contributed by atoms with Gasteiger partial charge in [-0.2, -0.15) is 0 Å². The molecule has 0 amide bonds. The van der Waals surface area contributed by atoms with Gasteiger partial charge in [0.15, 0.2) is 0 Å². The summed E-state index contributed by atoms with van der Waals surface area (Å²) in [4.78, 5) is 0. The SMILES string of the molecule is CCOc1ccc(C(CNC)OC)cc1C. The van der Waals surface area contributed by atoms with Crippen molar-refractivity contribution >= 4 is 0 Å². The van der Waals surface area contributed by atoms with Gasteiger partial charge in [0, 0.05) is 13.7 Å². The van der Waals surface area contributed by atoms with Crippen LogP contribution in [0.25, 0.3) is 0 Å². The zero-order chi connectivity index (χ0) is 12.0. The van der Waals surface area contributed by atoms with E-state index in [4.69, 9.17) is 9.47 Å². The van der Waals surface area contributed by atoms with Crippen LogP contribution in [0.4, 0.5) is 0 Å². The first-order valence-corrected chi connectivity index (χ1v) is 5.63. The maximum absolute atomic E-state index is 5.51. The Kier molecular flexibility index (Phi) is 5.29. The highest BCUT2D eigenvalue weighted by molar-refractivity contribution is 5.37. The first-order valence-electron chi connectivity index (χ1n) is 5.63. The van der Waals surface area contributed by atoms with Gasteiger partial charge in [0.2, 0.25) is 0 Å². The van der Waals surface area contributed by atoms with Crippen molar-refractivity contribution in [2.45, 2.75) is 20.0 Å². The molecule has 0 aliphatic rings. The van der Waals surface area contributed by atoms with Crippen molar-refractivity contribution in [3.8, 4) is 5.75 Å². The Bertz CT molecular complexity index is 326. The fourth-order valence-corrected chi connectivity index (χ4v) is 1.71. The van der Waals surface area contributed by atoms with Gasteiger partial charge in [0.05, 0.1) is 12.7 Å². The van der Waals surface area contributed by atoms with Gasteiger partial charge in [-0.25, -0.2) is 0 Å². The molecule has 0 aromatic heterocycles. The van der Waals surface area contributed by atoms with Gasteiger partial charge >= 0.3 is 0 Å². The number of nitrogens with one attached hydrogen (secondary N) is 1. The molecule has 1 rings (SSSR count). The molecule has 1 aromatic carbocycles. The van der Waals surface area contributed by atoms with Gasteiger partial charge < -0.3 is 14.8 Å². The Morgan fingerprint density at radius 1 is 1.38 bits per heavy atom. The smallest absolute Gasteiger partial charge is 0.122 e. The lowest BCUT2D eigenvalue weighted by molar-refractivity contribution is 0.104. The van der Waals surface area contributed by atoms with Gasteiger partial charge in [-0.1, -0.05) is 6.07 Å². The number of hydrogen-bond donors (Lipinski definition) is 1. The molecule has 1 aromatic rings. The summed E-state index contributed by atoms with van der Waals surface area (Å²) in [5.41, 5.74) is 2.33. The summed E-state index contributed by atoms with van der Waals surface area (Å²) in [6, 6.07) is 6.19. The molecule has 3 heteroatoms. The molecule has 0 saturated heterocycles. The van der Waals surface area contributed by atoms with Crippen LogP contribution in [-0.4, -0.2) is 27.3 Å². The Hall–Kier alpha value is -1.06. The maximum Gasteiger partial charge on any atom is 0.122 e. The molecule has 1 unspecified atom stereocenters. The van der Waals surface area contributed by atoms with E-state index in [0.29, 0.717) is 6.61 Å². The lowest BCUT2D eigenvalue weighted by Gasteiger charge is -2.17. The van der Waals surface area contributed by atoms with E-state index in [1.165, 1.54) is 5.56 Å². The summed E-state index contributed by atoms with van der Waals surface area (Å²) < 4.78 is 10.9. The van der Waals surface area contributed by atoms with Crippen molar-refractivity contribution < 1.29 is 9.47 Å². The average molecular weight is 223 g/mol.